The zero-order chi connectivity index (χ0) is 15.6. The van der Waals surface area contributed by atoms with Crippen LogP contribution in [0.4, 0.5) is 0 Å². The molecule has 118 valence electrons. The minimum Gasteiger partial charge on any atom is -0.393 e. The minimum atomic E-state index is -0.320. The van der Waals surface area contributed by atoms with Crippen LogP contribution in [0.5, 0.6) is 0 Å². The summed E-state index contributed by atoms with van der Waals surface area (Å²) in [6.45, 7) is 10.9. The topological polar surface area (TPSA) is 52.6 Å². The van der Waals surface area contributed by atoms with E-state index in [4.69, 9.17) is 9.47 Å². The molecule has 4 heteroatoms. The first-order chi connectivity index (χ1) is 9.57. The molecule has 1 saturated heterocycles. The van der Waals surface area contributed by atoms with E-state index in [-0.39, 0.29) is 52.7 Å². The standard InChI is InChI=1S/C17H26O4/c1-16(2,3)8-17(4,5)21-11-7-9-6-10(11)13-12(9)14(18)20-15(13)19/h9-13H,6-8H2,1-5H3. The van der Waals surface area contributed by atoms with E-state index >= 15 is 0 Å². The summed E-state index contributed by atoms with van der Waals surface area (Å²) in [6.07, 6.45) is 2.88. The number of carbonyl (C=O) groups excluding carboxylic acids is 2. The smallest absolute Gasteiger partial charge is 0.317 e. The maximum Gasteiger partial charge on any atom is 0.317 e. The van der Waals surface area contributed by atoms with Gasteiger partial charge in [0.1, 0.15) is 0 Å². The number of cyclic esters (lactones) is 2. The second kappa shape index (κ2) is 4.55. The molecule has 5 unspecified atom stereocenters. The van der Waals surface area contributed by atoms with Crippen LogP contribution in [0.1, 0.15) is 53.9 Å². The van der Waals surface area contributed by atoms with E-state index in [0.29, 0.717) is 0 Å². The lowest BCUT2D eigenvalue weighted by Crippen LogP contribution is -2.41. The number of rotatable bonds is 3. The number of esters is 2. The summed E-state index contributed by atoms with van der Waals surface area (Å²) in [5.74, 6) is -0.614. The largest absolute Gasteiger partial charge is 0.393 e. The summed E-state index contributed by atoms with van der Waals surface area (Å²) in [4.78, 5) is 23.6. The Labute approximate surface area is 126 Å². The summed E-state index contributed by atoms with van der Waals surface area (Å²) in [7, 11) is 0. The highest BCUT2D eigenvalue weighted by Gasteiger charge is 2.63. The van der Waals surface area contributed by atoms with Crippen LogP contribution in [0, 0.1) is 29.1 Å². The van der Waals surface area contributed by atoms with Gasteiger partial charge in [0.2, 0.25) is 0 Å². The Kier molecular flexibility index (Phi) is 3.25. The van der Waals surface area contributed by atoms with Crippen molar-refractivity contribution in [3.05, 3.63) is 0 Å². The first-order valence-corrected chi connectivity index (χ1v) is 8.01. The lowest BCUT2D eigenvalue weighted by molar-refractivity contribution is -0.155. The van der Waals surface area contributed by atoms with Crippen molar-refractivity contribution in [1.29, 1.82) is 0 Å². The zero-order valence-electron chi connectivity index (χ0n) is 13.6. The predicted molar refractivity (Wildman–Crippen MR) is 77.3 cm³/mol. The van der Waals surface area contributed by atoms with Crippen LogP contribution in [0.2, 0.25) is 0 Å². The second-order valence-corrected chi connectivity index (χ2v) is 8.84. The minimum absolute atomic E-state index is 0.0899. The quantitative estimate of drug-likeness (QED) is 0.593. The fraction of sp³-hybridized carbons (Fsp3) is 0.882. The molecule has 21 heavy (non-hydrogen) atoms. The summed E-state index contributed by atoms with van der Waals surface area (Å²) in [5.41, 5.74) is -0.0126. The van der Waals surface area contributed by atoms with Crippen molar-refractivity contribution in [1.82, 2.24) is 0 Å². The van der Waals surface area contributed by atoms with E-state index in [1.807, 2.05) is 0 Å². The fourth-order valence-corrected chi connectivity index (χ4v) is 5.06. The summed E-state index contributed by atoms with van der Waals surface area (Å²) < 4.78 is 11.2. The van der Waals surface area contributed by atoms with Crippen molar-refractivity contribution < 1.29 is 19.1 Å². The highest BCUT2D eigenvalue weighted by atomic mass is 16.6. The molecule has 3 rings (SSSR count). The molecule has 4 nitrogen and oxygen atoms in total. The molecule has 0 aromatic carbocycles. The average molecular weight is 294 g/mol. The number of carbonyl (C=O) groups is 2. The number of hydrogen-bond donors (Lipinski definition) is 0. The Hall–Kier alpha value is -0.900. The Morgan fingerprint density at radius 3 is 2.29 bits per heavy atom. The number of fused-ring (bicyclic) bond motifs is 5. The Bertz CT molecular complexity index is 474. The third-order valence-electron chi connectivity index (χ3n) is 5.12. The summed E-state index contributed by atoms with van der Waals surface area (Å²) in [6, 6.07) is 0. The lowest BCUT2D eigenvalue weighted by Gasteiger charge is -2.38. The van der Waals surface area contributed by atoms with Gasteiger partial charge < -0.3 is 9.47 Å². The molecule has 3 aliphatic rings. The first-order valence-electron chi connectivity index (χ1n) is 8.01. The van der Waals surface area contributed by atoms with Gasteiger partial charge in [-0.2, -0.15) is 0 Å². The van der Waals surface area contributed by atoms with Crippen molar-refractivity contribution in [3.8, 4) is 0 Å². The maximum absolute atomic E-state index is 11.9. The van der Waals surface area contributed by atoms with Gasteiger partial charge in [0.05, 0.1) is 23.5 Å². The van der Waals surface area contributed by atoms with E-state index in [0.717, 1.165) is 19.3 Å². The van der Waals surface area contributed by atoms with Gasteiger partial charge in [-0.3, -0.25) is 9.59 Å². The molecule has 0 radical (unpaired) electrons. The SMILES string of the molecule is CC(C)(C)CC(C)(C)OC1CC2CC1C1C(=O)OC(=O)C21. The zero-order valence-corrected chi connectivity index (χ0v) is 13.6. The molecular weight excluding hydrogens is 268 g/mol. The van der Waals surface area contributed by atoms with Crippen LogP contribution in [-0.2, 0) is 19.1 Å². The van der Waals surface area contributed by atoms with Gasteiger partial charge in [-0.15, -0.1) is 0 Å². The molecule has 3 fully saturated rings. The number of hydrogen-bond acceptors (Lipinski definition) is 4. The maximum atomic E-state index is 11.9. The van der Waals surface area contributed by atoms with Gasteiger partial charge in [-0.25, -0.2) is 0 Å². The van der Waals surface area contributed by atoms with E-state index in [9.17, 15) is 9.59 Å². The third kappa shape index (κ3) is 2.63. The molecule has 2 saturated carbocycles. The van der Waals surface area contributed by atoms with Crippen molar-refractivity contribution >= 4 is 11.9 Å². The predicted octanol–water partition coefficient (Wildman–Crippen LogP) is 2.94. The van der Waals surface area contributed by atoms with Crippen molar-refractivity contribution in [2.24, 2.45) is 29.1 Å². The lowest BCUT2D eigenvalue weighted by atomic mass is 9.78. The highest BCUT2D eigenvalue weighted by Crippen LogP contribution is 2.57. The van der Waals surface area contributed by atoms with Gasteiger partial charge in [0.15, 0.2) is 0 Å². The summed E-state index contributed by atoms with van der Waals surface area (Å²) in [5, 5.41) is 0. The van der Waals surface area contributed by atoms with E-state index in [1.165, 1.54) is 0 Å². The molecule has 1 heterocycles. The highest BCUT2D eigenvalue weighted by molar-refractivity contribution is 5.97. The molecule has 2 bridgehead atoms. The molecule has 5 atom stereocenters. The molecular formula is C17H26O4. The van der Waals surface area contributed by atoms with Crippen LogP contribution in [0.3, 0.4) is 0 Å². The third-order valence-corrected chi connectivity index (χ3v) is 5.12. The van der Waals surface area contributed by atoms with Gasteiger partial charge in [-0.05, 0) is 50.4 Å². The molecule has 0 amide bonds. The van der Waals surface area contributed by atoms with E-state index < -0.39 is 0 Å². The van der Waals surface area contributed by atoms with Crippen molar-refractivity contribution in [2.45, 2.75) is 65.6 Å². The second-order valence-electron chi connectivity index (χ2n) is 8.84. The molecule has 0 aromatic heterocycles. The normalized spacial score (nSPS) is 38.8. The first kappa shape index (κ1) is 15.0. The van der Waals surface area contributed by atoms with Gasteiger partial charge in [0.25, 0.3) is 0 Å². The van der Waals surface area contributed by atoms with Crippen LogP contribution in [0.15, 0.2) is 0 Å². The van der Waals surface area contributed by atoms with Crippen LogP contribution < -0.4 is 0 Å². The van der Waals surface area contributed by atoms with Gasteiger partial charge >= 0.3 is 11.9 Å². The molecule has 2 aliphatic carbocycles. The van der Waals surface area contributed by atoms with Gasteiger partial charge in [-0.1, -0.05) is 20.8 Å². The van der Waals surface area contributed by atoms with Crippen molar-refractivity contribution in [3.63, 3.8) is 0 Å². The molecule has 0 N–H and O–H groups in total. The average Bonchev–Trinajstić information content (AvgIpc) is 2.87. The van der Waals surface area contributed by atoms with Crippen LogP contribution in [-0.4, -0.2) is 23.6 Å². The Balaban J connectivity index is 1.70. The van der Waals surface area contributed by atoms with E-state index in [2.05, 4.69) is 34.6 Å². The van der Waals surface area contributed by atoms with Crippen LogP contribution >= 0.6 is 0 Å². The van der Waals surface area contributed by atoms with Crippen LogP contribution in [0.25, 0.3) is 0 Å². The Morgan fingerprint density at radius 2 is 1.67 bits per heavy atom. The van der Waals surface area contributed by atoms with E-state index in [1.54, 1.807) is 0 Å². The molecule has 1 aliphatic heterocycles. The fourth-order valence-electron chi connectivity index (χ4n) is 5.06. The van der Waals surface area contributed by atoms with Crippen molar-refractivity contribution in [2.75, 3.05) is 0 Å². The molecule has 0 spiro atoms. The van der Waals surface area contributed by atoms with Gasteiger partial charge in [0, 0.05) is 0 Å². The number of ether oxygens (including phenoxy) is 2. The Morgan fingerprint density at radius 1 is 1.05 bits per heavy atom. The monoisotopic (exact) mass is 294 g/mol. The summed E-state index contributed by atoms with van der Waals surface area (Å²) >= 11 is 0. The molecule has 0 aromatic rings.